The van der Waals surface area contributed by atoms with Crippen LogP contribution in [0.2, 0.25) is 0 Å². The standard InChI is InChI=1S/C26H29F3N8O3/c1-2-20-16-37(34-32-20)11-4-3-7-21-9-10-23(33-31-21)30-24(38)17-36-13-12-35(18-25(36)39)15-19-6-5-8-22(14-19)40-26(27,28)29/h2,5-6,8-10,14,16H,1,3-4,7,11-13,15,17-18H2,(H,30,33,38). The molecule has 0 radical (unpaired) electrons. The van der Waals surface area contributed by atoms with E-state index in [1.54, 1.807) is 33.9 Å². The molecule has 3 heterocycles. The van der Waals surface area contributed by atoms with E-state index in [9.17, 15) is 22.8 Å². The van der Waals surface area contributed by atoms with Crippen LogP contribution in [0.1, 0.15) is 29.8 Å². The van der Waals surface area contributed by atoms with Crippen molar-refractivity contribution < 1.29 is 27.5 Å². The molecule has 2 amide bonds. The van der Waals surface area contributed by atoms with E-state index in [1.807, 2.05) is 6.20 Å². The summed E-state index contributed by atoms with van der Waals surface area (Å²) in [7, 11) is 0. The molecule has 14 heteroatoms. The van der Waals surface area contributed by atoms with Crippen molar-refractivity contribution in [1.82, 2.24) is 35.0 Å². The zero-order valence-electron chi connectivity index (χ0n) is 21.7. The number of hydrogen-bond acceptors (Lipinski definition) is 8. The van der Waals surface area contributed by atoms with Gasteiger partial charge >= 0.3 is 6.36 Å². The Morgan fingerprint density at radius 2 is 1.98 bits per heavy atom. The van der Waals surface area contributed by atoms with Crippen LogP contribution in [-0.4, -0.2) is 79.3 Å². The smallest absolute Gasteiger partial charge is 0.406 e. The fourth-order valence-electron chi connectivity index (χ4n) is 4.17. The lowest BCUT2D eigenvalue weighted by atomic mass is 10.2. The molecule has 212 valence electrons. The maximum atomic E-state index is 12.6. The number of nitrogens with zero attached hydrogens (tertiary/aromatic N) is 7. The average molecular weight is 559 g/mol. The first-order chi connectivity index (χ1) is 19.2. The third-order valence-electron chi connectivity index (χ3n) is 6.09. The Balaban J connectivity index is 1.17. The van der Waals surface area contributed by atoms with E-state index < -0.39 is 12.3 Å². The first-order valence-electron chi connectivity index (χ1n) is 12.7. The largest absolute Gasteiger partial charge is 0.573 e. The Hall–Kier alpha value is -4.33. The van der Waals surface area contributed by atoms with Gasteiger partial charge in [-0.15, -0.1) is 23.4 Å². The van der Waals surface area contributed by atoms with E-state index in [0.29, 0.717) is 24.5 Å². The highest BCUT2D eigenvalue weighted by Gasteiger charge is 2.31. The molecule has 1 fully saturated rings. The molecule has 1 aliphatic heterocycles. The number of carbonyl (C=O) groups excluding carboxylic acids is 2. The summed E-state index contributed by atoms with van der Waals surface area (Å²) in [5, 5.41) is 18.8. The number of carbonyl (C=O) groups is 2. The van der Waals surface area contributed by atoms with Crippen molar-refractivity contribution in [2.24, 2.45) is 0 Å². The molecule has 0 saturated carbocycles. The molecule has 4 rings (SSSR count). The second-order valence-electron chi connectivity index (χ2n) is 9.25. The van der Waals surface area contributed by atoms with Crippen LogP contribution in [0.5, 0.6) is 5.75 Å². The molecule has 11 nitrogen and oxygen atoms in total. The summed E-state index contributed by atoms with van der Waals surface area (Å²) in [5.41, 5.74) is 2.11. The highest BCUT2D eigenvalue weighted by atomic mass is 19.4. The van der Waals surface area contributed by atoms with Crippen molar-refractivity contribution in [2.75, 3.05) is 31.5 Å². The van der Waals surface area contributed by atoms with Crippen LogP contribution in [0.3, 0.4) is 0 Å². The van der Waals surface area contributed by atoms with Gasteiger partial charge in [0.2, 0.25) is 11.8 Å². The molecular weight excluding hydrogens is 529 g/mol. The Labute approximate surface area is 228 Å². The number of unbranched alkanes of at least 4 members (excludes halogenated alkanes) is 1. The van der Waals surface area contributed by atoms with Crippen LogP contribution in [-0.2, 0) is 29.1 Å². The molecule has 40 heavy (non-hydrogen) atoms. The van der Waals surface area contributed by atoms with Crippen LogP contribution in [0.15, 0.2) is 49.2 Å². The molecule has 1 N–H and O–H groups in total. The predicted octanol–water partition coefficient (Wildman–Crippen LogP) is 2.92. The number of aryl methyl sites for hydroxylation is 2. The molecule has 1 saturated heterocycles. The van der Waals surface area contributed by atoms with Crippen LogP contribution in [0.4, 0.5) is 19.0 Å². The maximum absolute atomic E-state index is 12.6. The molecule has 0 bridgehead atoms. The number of amides is 2. The summed E-state index contributed by atoms with van der Waals surface area (Å²) in [6, 6.07) is 9.11. The Kier molecular flexibility index (Phi) is 9.43. The van der Waals surface area contributed by atoms with Gasteiger partial charge in [-0.3, -0.25) is 19.2 Å². The van der Waals surface area contributed by atoms with Gasteiger partial charge in [0.15, 0.2) is 5.82 Å². The first-order valence-corrected chi connectivity index (χ1v) is 12.7. The molecule has 2 aromatic heterocycles. The third kappa shape index (κ3) is 8.86. The minimum atomic E-state index is -4.77. The van der Waals surface area contributed by atoms with Crippen molar-refractivity contribution in [2.45, 2.75) is 38.7 Å². The number of aromatic nitrogens is 5. The van der Waals surface area contributed by atoms with E-state index in [0.717, 1.165) is 37.2 Å². The molecular formula is C26H29F3N8O3. The fourth-order valence-corrected chi connectivity index (χ4v) is 4.17. The van der Waals surface area contributed by atoms with Gasteiger partial charge < -0.3 is 15.0 Å². The number of anilines is 1. The highest BCUT2D eigenvalue weighted by molar-refractivity contribution is 5.94. The van der Waals surface area contributed by atoms with Crippen molar-refractivity contribution >= 4 is 23.7 Å². The summed E-state index contributed by atoms with van der Waals surface area (Å²) in [4.78, 5) is 28.3. The summed E-state index contributed by atoms with van der Waals surface area (Å²) >= 11 is 0. The van der Waals surface area contributed by atoms with Gasteiger partial charge in [0.05, 0.1) is 25.0 Å². The van der Waals surface area contributed by atoms with E-state index in [2.05, 4.69) is 37.1 Å². The van der Waals surface area contributed by atoms with E-state index in [-0.39, 0.29) is 31.3 Å². The third-order valence-corrected chi connectivity index (χ3v) is 6.09. The molecule has 0 atom stereocenters. The second-order valence-corrected chi connectivity index (χ2v) is 9.25. The van der Waals surface area contributed by atoms with Crippen LogP contribution in [0.25, 0.3) is 6.08 Å². The van der Waals surface area contributed by atoms with Crippen molar-refractivity contribution in [1.29, 1.82) is 0 Å². The summed E-state index contributed by atoms with van der Waals surface area (Å²) < 4.78 is 43.1. The molecule has 1 aromatic carbocycles. The number of piperazine rings is 1. The zero-order valence-corrected chi connectivity index (χ0v) is 21.7. The number of alkyl halides is 3. The molecule has 1 aliphatic rings. The number of nitrogens with one attached hydrogen (secondary N) is 1. The van der Waals surface area contributed by atoms with Gasteiger partial charge in [0, 0.05) is 26.2 Å². The van der Waals surface area contributed by atoms with Crippen LogP contribution in [0, 0.1) is 0 Å². The SMILES string of the molecule is C=Cc1cn(CCCCc2ccc(NC(=O)CN3CCN(Cc4cccc(OC(F)(F)F)c4)CC3=O)nn2)nn1. The number of ether oxygens (including phenoxy) is 1. The van der Waals surface area contributed by atoms with E-state index in [1.165, 1.54) is 23.1 Å². The monoisotopic (exact) mass is 558 g/mol. The quantitative estimate of drug-likeness (QED) is 0.337. The molecule has 3 aromatic rings. The summed E-state index contributed by atoms with van der Waals surface area (Å²) in [6.45, 7) is 5.34. The predicted molar refractivity (Wildman–Crippen MR) is 139 cm³/mol. The highest BCUT2D eigenvalue weighted by Crippen LogP contribution is 2.24. The van der Waals surface area contributed by atoms with Crippen molar-refractivity contribution in [3.63, 3.8) is 0 Å². The van der Waals surface area contributed by atoms with Gasteiger partial charge in [-0.1, -0.05) is 23.9 Å². The van der Waals surface area contributed by atoms with Crippen LogP contribution >= 0.6 is 0 Å². The number of benzene rings is 1. The minimum Gasteiger partial charge on any atom is -0.406 e. The van der Waals surface area contributed by atoms with Gasteiger partial charge in [-0.25, -0.2) is 0 Å². The number of rotatable bonds is 12. The molecule has 0 unspecified atom stereocenters. The average Bonchev–Trinajstić information content (AvgIpc) is 3.36. The maximum Gasteiger partial charge on any atom is 0.573 e. The number of hydrogen-bond donors (Lipinski definition) is 1. The van der Waals surface area contributed by atoms with Crippen molar-refractivity contribution in [3.8, 4) is 5.75 Å². The fraction of sp³-hybridized carbons (Fsp3) is 0.385. The lowest BCUT2D eigenvalue weighted by molar-refractivity contribution is -0.274. The number of halogens is 3. The Bertz CT molecular complexity index is 1310. The normalized spacial score (nSPS) is 14.3. The first kappa shape index (κ1) is 28.7. The van der Waals surface area contributed by atoms with Crippen molar-refractivity contribution in [3.05, 3.63) is 66.1 Å². The van der Waals surface area contributed by atoms with Crippen LogP contribution < -0.4 is 10.1 Å². The van der Waals surface area contributed by atoms with E-state index in [4.69, 9.17) is 0 Å². The van der Waals surface area contributed by atoms with Gasteiger partial charge in [-0.2, -0.15) is 5.10 Å². The Morgan fingerprint density at radius 1 is 1.12 bits per heavy atom. The lowest BCUT2D eigenvalue weighted by Gasteiger charge is -2.33. The summed E-state index contributed by atoms with van der Waals surface area (Å²) in [5.74, 6) is -0.668. The van der Waals surface area contributed by atoms with Gasteiger partial charge in [-0.05, 0) is 55.2 Å². The zero-order chi connectivity index (χ0) is 28.5. The Morgan fingerprint density at radius 3 is 2.67 bits per heavy atom. The van der Waals surface area contributed by atoms with Gasteiger partial charge in [0.1, 0.15) is 11.4 Å². The molecule has 0 spiro atoms. The minimum absolute atomic E-state index is 0.0401. The second kappa shape index (κ2) is 13.2. The molecule has 0 aliphatic carbocycles. The van der Waals surface area contributed by atoms with E-state index >= 15 is 0 Å². The summed E-state index contributed by atoms with van der Waals surface area (Å²) in [6.07, 6.45) is 1.20. The van der Waals surface area contributed by atoms with Gasteiger partial charge in [0.25, 0.3) is 0 Å². The topological polar surface area (TPSA) is 118 Å². The lowest BCUT2D eigenvalue weighted by Crippen LogP contribution is -2.51.